The number of nitrogens with zero attached hydrogens (tertiary/aromatic N) is 1. The summed E-state index contributed by atoms with van der Waals surface area (Å²) in [6.07, 6.45) is 1.82. The fraction of sp³-hybridized carbons (Fsp3) is 0.105. The van der Waals surface area contributed by atoms with Crippen LogP contribution < -0.4 is 5.32 Å². The molecule has 0 aliphatic heterocycles. The standard InChI is InChI=1S/C19H17N3S/c1-13-18(14-7-2-3-8-15(14)21-13)19(16-9-6-12-23-16)22-17-10-4-5-11-20-17/h2-12,19,21H,1H3,(H,20,22). The Morgan fingerprint density at radius 3 is 2.70 bits per heavy atom. The summed E-state index contributed by atoms with van der Waals surface area (Å²) >= 11 is 1.76. The van der Waals surface area contributed by atoms with Crippen molar-refractivity contribution in [3.8, 4) is 0 Å². The van der Waals surface area contributed by atoms with Gasteiger partial charge in [-0.3, -0.25) is 0 Å². The third kappa shape index (κ3) is 2.62. The maximum Gasteiger partial charge on any atom is 0.126 e. The summed E-state index contributed by atoms with van der Waals surface area (Å²) in [4.78, 5) is 9.21. The first kappa shape index (κ1) is 14.0. The number of fused-ring (bicyclic) bond motifs is 1. The molecule has 114 valence electrons. The molecule has 0 radical (unpaired) electrons. The fourth-order valence-electron chi connectivity index (χ4n) is 3.01. The Morgan fingerprint density at radius 1 is 1.04 bits per heavy atom. The van der Waals surface area contributed by atoms with Crippen molar-refractivity contribution in [1.29, 1.82) is 0 Å². The van der Waals surface area contributed by atoms with Gasteiger partial charge in [0, 0.05) is 33.2 Å². The third-order valence-electron chi connectivity index (χ3n) is 4.02. The van der Waals surface area contributed by atoms with Gasteiger partial charge in [-0.25, -0.2) is 4.98 Å². The highest BCUT2D eigenvalue weighted by atomic mass is 32.1. The van der Waals surface area contributed by atoms with E-state index in [1.807, 2.05) is 24.4 Å². The van der Waals surface area contributed by atoms with Gasteiger partial charge >= 0.3 is 0 Å². The van der Waals surface area contributed by atoms with Crippen LogP contribution in [0.1, 0.15) is 22.2 Å². The summed E-state index contributed by atoms with van der Waals surface area (Å²) in [7, 11) is 0. The summed E-state index contributed by atoms with van der Waals surface area (Å²) < 4.78 is 0. The number of thiophene rings is 1. The van der Waals surface area contributed by atoms with Crippen LogP contribution in [0.25, 0.3) is 10.9 Å². The smallest absolute Gasteiger partial charge is 0.126 e. The number of anilines is 1. The Bertz CT molecular complexity index is 910. The SMILES string of the molecule is Cc1[nH]c2ccccc2c1C(Nc1ccccn1)c1cccs1. The van der Waals surface area contributed by atoms with E-state index in [2.05, 4.69) is 64.0 Å². The molecule has 0 aliphatic rings. The lowest BCUT2D eigenvalue weighted by atomic mass is 10.0. The minimum absolute atomic E-state index is 0.0843. The largest absolute Gasteiger partial charge is 0.358 e. The lowest BCUT2D eigenvalue weighted by Gasteiger charge is -2.19. The van der Waals surface area contributed by atoms with Crippen LogP contribution >= 0.6 is 11.3 Å². The maximum atomic E-state index is 4.43. The Kier molecular flexibility index (Phi) is 3.60. The van der Waals surface area contributed by atoms with Crippen molar-refractivity contribution in [3.05, 3.63) is 82.3 Å². The molecule has 2 N–H and O–H groups in total. The van der Waals surface area contributed by atoms with Crippen molar-refractivity contribution in [3.63, 3.8) is 0 Å². The molecule has 0 fully saturated rings. The monoisotopic (exact) mass is 319 g/mol. The lowest BCUT2D eigenvalue weighted by Crippen LogP contribution is -2.12. The minimum Gasteiger partial charge on any atom is -0.358 e. The molecule has 23 heavy (non-hydrogen) atoms. The number of pyridine rings is 1. The van der Waals surface area contributed by atoms with Gasteiger partial charge in [0.15, 0.2) is 0 Å². The second-order valence-corrected chi connectivity index (χ2v) is 6.50. The quantitative estimate of drug-likeness (QED) is 0.547. The van der Waals surface area contributed by atoms with Gasteiger partial charge in [0.1, 0.15) is 5.82 Å². The van der Waals surface area contributed by atoms with Crippen LogP contribution in [0.15, 0.2) is 66.2 Å². The Balaban J connectivity index is 1.86. The molecular formula is C19H17N3S. The second kappa shape index (κ2) is 5.89. The molecule has 1 unspecified atom stereocenters. The van der Waals surface area contributed by atoms with Gasteiger partial charge < -0.3 is 10.3 Å². The fourth-order valence-corrected chi connectivity index (χ4v) is 3.79. The van der Waals surface area contributed by atoms with E-state index in [1.165, 1.54) is 27.0 Å². The molecule has 4 rings (SSSR count). The number of aromatic amines is 1. The minimum atomic E-state index is 0.0843. The average molecular weight is 319 g/mol. The van der Waals surface area contributed by atoms with Gasteiger partial charge in [-0.15, -0.1) is 11.3 Å². The molecule has 0 saturated heterocycles. The van der Waals surface area contributed by atoms with E-state index >= 15 is 0 Å². The highest BCUT2D eigenvalue weighted by Crippen LogP contribution is 2.35. The Hall–Kier alpha value is -2.59. The maximum absolute atomic E-state index is 4.43. The molecule has 0 bridgehead atoms. The van der Waals surface area contributed by atoms with Crippen LogP contribution in [0.2, 0.25) is 0 Å². The number of aryl methyl sites for hydroxylation is 1. The van der Waals surface area contributed by atoms with Gasteiger partial charge in [-0.1, -0.05) is 30.3 Å². The Morgan fingerprint density at radius 2 is 1.91 bits per heavy atom. The van der Waals surface area contributed by atoms with Gasteiger partial charge in [-0.05, 0) is 36.6 Å². The Labute approximate surface area is 139 Å². The number of rotatable bonds is 4. The summed E-state index contributed by atoms with van der Waals surface area (Å²) in [5.74, 6) is 0.885. The normalized spacial score (nSPS) is 12.4. The second-order valence-electron chi connectivity index (χ2n) is 5.52. The molecule has 4 heteroatoms. The van der Waals surface area contributed by atoms with Crippen molar-refractivity contribution >= 4 is 28.1 Å². The topological polar surface area (TPSA) is 40.7 Å². The highest BCUT2D eigenvalue weighted by molar-refractivity contribution is 7.10. The number of H-pyrrole nitrogens is 1. The molecular weight excluding hydrogens is 302 g/mol. The van der Waals surface area contributed by atoms with Crippen molar-refractivity contribution in [2.45, 2.75) is 13.0 Å². The molecule has 0 aliphatic carbocycles. The number of benzene rings is 1. The number of aromatic nitrogens is 2. The van der Waals surface area contributed by atoms with E-state index in [9.17, 15) is 0 Å². The van der Waals surface area contributed by atoms with E-state index in [1.54, 1.807) is 11.3 Å². The molecule has 1 aromatic carbocycles. The van der Waals surface area contributed by atoms with E-state index in [4.69, 9.17) is 0 Å². The number of nitrogens with one attached hydrogen (secondary N) is 2. The van der Waals surface area contributed by atoms with Crippen LogP contribution in [-0.2, 0) is 0 Å². The molecule has 0 saturated carbocycles. The van der Waals surface area contributed by atoms with Crippen molar-refractivity contribution < 1.29 is 0 Å². The zero-order valence-corrected chi connectivity index (χ0v) is 13.6. The predicted molar refractivity (Wildman–Crippen MR) is 97.1 cm³/mol. The molecule has 0 spiro atoms. The van der Waals surface area contributed by atoms with Crippen LogP contribution in [0, 0.1) is 6.92 Å². The molecule has 3 nitrogen and oxygen atoms in total. The number of para-hydroxylation sites is 1. The third-order valence-corrected chi connectivity index (χ3v) is 4.95. The lowest BCUT2D eigenvalue weighted by molar-refractivity contribution is 0.944. The van der Waals surface area contributed by atoms with Crippen LogP contribution in [-0.4, -0.2) is 9.97 Å². The number of hydrogen-bond acceptors (Lipinski definition) is 3. The van der Waals surface area contributed by atoms with Crippen molar-refractivity contribution in [2.75, 3.05) is 5.32 Å². The predicted octanol–water partition coefficient (Wildman–Crippen LogP) is 5.13. The van der Waals surface area contributed by atoms with Gasteiger partial charge in [0.05, 0.1) is 6.04 Å². The summed E-state index contributed by atoms with van der Waals surface area (Å²) in [5, 5.41) is 6.97. The molecule has 4 aromatic rings. The zero-order chi connectivity index (χ0) is 15.6. The van der Waals surface area contributed by atoms with Gasteiger partial charge in [-0.2, -0.15) is 0 Å². The van der Waals surface area contributed by atoms with E-state index in [0.717, 1.165) is 5.82 Å². The average Bonchev–Trinajstić information content (AvgIpc) is 3.21. The van der Waals surface area contributed by atoms with Crippen LogP contribution in [0.5, 0.6) is 0 Å². The first-order valence-corrected chi connectivity index (χ1v) is 8.49. The van der Waals surface area contributed by atoms with Crippen LogP contribution in [0.3, 0.4) is 0 Å². The van der Waals surface area contributed by atoms with E-state index in [0.29, 0.717) is 0 Å². The van der Waals surface area contributed by atoms with Crippen molar-refractivity contribution in [2.24, 2.45) is 0 Å². The van der Waals surface area contributed by atoms with Crippen molar-refractivity contribution in [1.82, 2.24) is 9.97 Å². The summed E-state index contributed by atoms with van der Waals surface area (Å²) in [5.41, 5.74) is 3.64. The van der Waals surface area contributed by atoms with E-state index in [-0.39, 0.29) is 6.04 Å². The summed E-state index contributed by atoms with van der Waals surface area (Å²) in [6, 6.07) is 18.7. The van der Waals surface area contributed by atoms with E-state index < -0.39 is 0 Å². The van der Waals surface area contributed by atoms with Gasteiger partial charge in [0.25, 0.3) is 0 Å². The molecule has 3 heterocycles. The zero-order valence-electron chi connectivity index (χ0n) is 12.8. The van der Waals surface area contributed by atoms with Crippen LogP contribution in [0.4, 0.5) is 5.82 Å². The molecule has 3 aromatic heterocycles. The number of hydrogen-bond donors (Lipinski definition) is 2. The summed E-state index contributed by atoms with van der Waals surface area (Å²) in [6.45, 7) is 2.13. The highest BCUT2D eigenvalue weighted by Gasteiger charge is 2.21. The first-order chi connectivity index (χ1) is 11.3. The van der Waals surface area contributed by atoms with Gasteiger partial charge in [0.2, 0.25) is 0 Å². The molecule has 1 atom stereocenters. The molecule has 0 amide bonds. The first-order valence-electron chi connectivity index (χ1n) is 7.61.